The van der Waals surface area contributed by atoms with Crippen molar-refractivity contribution in [2.24, 2.45) is 0 Å². The van der Waals surface area contributed by atoms with Crippen LogP contribution in [0.25, 0.3) is 0 Å². The second-order valence-electron chi connectivity index (χ2n) is 17.6. The topological polar surface area (TPSA) is 53.1 Å². The number of anilines is 3. The Morgan fingerprint density at radius 3 is 1.39 bits per heavy atom. The van der Waals surface area contributed by atoms with Gasteiger partial charge in [0, 0.05) is 34.1 Å². The van der Waals surface area contributed by atoms with Gasteiger partial charge in [0.25, 0.3) is 13.4 Å². The van der Waals surface area contributed by atoms with E-state index in [1.165, 1.54) is 0 Å². The molecule has 0 bridgehead atoms. The molecule has 6 aromatic carbocycles. The SMILES string of the molecule is CC(C)(C)c1cc2c3c(c1)Oc1nc4c(cc1B3c1ccccc1O2)B1c2ccc(N(c3ccccc3)c3ccccc3)cc2Oc2cc(C(C)(C)C)cc(c21)O4. The van der Waals surface area contributed by atoms with Gasteiger partial charge in [0.15, 0.2) is 0 Å². The number of fused-ring (bicyclic) bond motifs is 8. The Kier molecular flexibility index (Phi) is 7.17. The zero-order valence-electron chi connectivity index (χ0n) is 32.9. The summed E-state index contributed by atoms with van der Waals surface area (Å²) in [6, 6.07) is 46.8. The first kappa shape index (κ1) is 33.9. The Morgan fingerprint density at radius 1 is 0.404 bits per heavy atom. The number of pyridine rings is 1. The molecule has 276 valence electrons. The molecule has 4 aliphatic heterocycles. The van der Waals surface area contributed by atoms with Crippen LogP contribution in [0.15, 0.2) is 133 Å². The lowest BCUT2D eigenvalue weighted by Gasteiger charge is -2.37. The number of nitrogens with zero attached hydrogens (tertiary/aromatic N) is 2. The van der Waals surface area contributed by atoms with Gasteiger partial charge in [-0.1, -0.05) is 108 Å². The number of para-hydroxylation sites is 3. The maximum atomic E-state index is 6.98. The Hall–Kier alpha value is -6.40. The second-order valence-corrected chi connectivity index (χ2v) is 17.6. The molecule has 8 heteroatoms. The highest BCUT2D eigenvalue weighted by Gasteiger charge is 2.46. The molecule has 7 aromatic rings. The standard InChI is InChI=1S/C49H40B2N2O4/c1-48(2,3)29-23-40-44-42(25-29)56-46-36(50(44)34-19-13-14-20-38(34)54-40)28-37-47(52-46)57-43-26-30(49(4,5)6)24-41-45(43)51(37)35-22-21-33(27-39(35)55-41)53(31-15-9-7-10-16-31)32-17-11-8-12-18-32/h7-28H,1-6H3. The first-order chi connectivity index (χ1) is 27.5. The van der Waals surface area contributed by atoms with Gasteiger partial charge in [-0.15, -0.1) is 0 Å². The summed E-state index contributed by atoms with van der Waals surface area (Å²) >= 11 is 0. The van der Waals surface area contributed by atoms with Crippen molar-refractivity contribution < 1.29 is 18.9 Å². The summed E-state index contributed by atoms with van der Waals surface area (Å²) in [7, 11) is 0. The molecule has 0 atom stereocenters. The van der Waals surface area contributed by atoms with Crippen LogP contribution in [0.3, 0.4) is 0 Å². The molecule has 0 spiro atoms. The first-order valence-corrected chi connectivity index (χ1v) is 19.8. The van der Waals surface area contributed by atoms with E-state index < -0.39 is 0 Å². The Bertz CT molecular complexity index is 2750. The summed E-state index contributed by atoms with van der Waals surface area (Å²) in [5.74, 6) is 5.92. The number of rotatable bonds is 3. The van der Waals surface area contributed by atoms with E-state index in [2.05, 4.69) is 162 Å². The zero-order chi connectivity index (χ0) is 38.8. The first-order valence-electron chi connectivity index (χ1n) is 19.8. The van der Waals surface area contributed by atoms with Gasteiger partial charge >= 0.3 is 0 Å². The third-order valence-corrected chi connectivity index (χ3v) is 11.8. The third kappa shape index (κ3) is 5.30. The van der Waals surface area contributed by atoms with Gasteiger partial charge in [0.05, 0.1) is 0 Å². The lowest BCUT2D eigenvalue weighted by atomic mass is 9.32. The van der Waals surface area contributed by atoms with Crippen LogP contribution in [0.2, 0.25) is 0 Å². The zero-order valence-corrected chi connectivity index (χ0v) is 32.9. The second kappa shape index (κ2) is 12.1. The molecule has 0 saturated carbocycles. The van der Waals surface area contributed by atoms with Crippen molar-refractivity contribution in [1.82, 2.24) is 4.98 Å². The van der Waals surface area contributed by atoms with Crippen LogP contribution in [-0.2, 0) is 10.8 Å². The predicted molar refractivity (Wildman–Crippen MR) is 232 cm³/mol. The third-order valence-electron chi connectivity index (χ3n) is 11.8. The van der Waals surface area contributed by atoms with E-state index in [1.54, 1.807) is 0 Å². The lowest BCUT2D eigenvalue weighted by molar-refractivity contribution is 0.421. The quantitative estimate of drug-likeness (QED) is 0.169. The Labute approximate surface area is 334 Å². The van der Waals surface area contributed by atoms with Crippen LogP contribution in [0.4, 0.5) is 17.1 Å². The maximum absolute atomic E-state index is 6.98. The molecule has 5 heterocycles. The van der Waals surface area contributed by atoms with E-state index in [4.69, 9.17) is 23.9 Å². The van der Waals surface area contributed by atoms with Gasteiger partial charge in [0.2, 0.25) is 11.8 Å². The molecule has 0 amide bonds. The highest BCUT2D eigenvalue weighted by molar-refractivity contribution is 7.00. The summed E-state index contributed by atoms with van der Waals surface area (Å²) in [5.41, 5.74) is 11.3. The summed E-state index contributed by atoms with van der Waals surface area (Å²) < 4.78 is 27.3. The van der Waals surface area contributed by atoms with E-state index >= 15 is 0 Å². The molecule has 0 N–H and O–H groups in total. The van der Waals surface area contributed by atoms with Crippen molar-refractivity contribution in [3.63, 3.8) is 0 Å². The molecule has 0 radical (unpaired) electrons. The van der Waals surface area contributed by atoms with Crippen molar-refractivity contribution in [3.8, 4) is 46.3 Å². The molecule has 0 unspecified atom stereocenters. The van der Waals surface area contributed by atoms with Gasteiger partial charge in [-0.2, -0.15) is 4.98 Å². The van der Waals surface area contributed by atoms with Gasteiger partial charge in [-0.25, -0.2) is 0 Å². The minimum Gasteiger partial charge on any atom is -0.458 e. The van der Waals surface area contributed by atoms with Gasteiger partial charge in [-0.05, 0) is 104 Å². The summed E-state index contributed by atoms with van der Waals surface area (Å²) in [5, 5.41) is 0. The normalized spacial score (nSPS) is 13.9. The summed E-state index contributed by atoms with van der Waals surface area (Å²) in [6.07, 6.45) is 0. The Morgan fingerprint density at radius 2 is 0.860 bits per heavy atom. The van der Waals surface area contributed by atoms with Crippen LogP contribution >= 0.6 is 0 Å². The number of ether oxygens (including phenoxy) is 4. The van der Waals surface area contributed by atoms with Crippen molar-refractivity contribution in [2.75, 3.05) is 4.90 Å². The monoisotopic (exact) mass is 742 g/mol. The minimum absolute atomic E-state index is 0.112. The van der Waals surface area contributed by atoms with Crippen LogP contribution in [0, 0.1) is 0 Å². The summed E-state index contributed by atoms with van der Waals surface area (Å²) in [6.45, 7) is 13.0. The van der Waals surface area contributed by atoms with E-state index in [9.17, 15) is 0 Å². The minimum atomic E-state index is -0.190. The largest absolute Gasteiger partial charge is 0.458 e. The lowest BCUT2D eigenvalue weighted by Crippen LogP contribution is -2.62. The van der Waals surface area contributed by atoms with Crippen LogP contribution < -0.4 is 56.6 Å². The number of benzene rings is 6. The molecule has 57 heavy (non-hydrogen) atoms. The van der Waals surface area contributed by atoms with Crippen molar-refractivity contribution in [1.29, 1.82) is 0 Å². The van der Waals surface area contributed by atoms with Crippen molar-refractivity contribution in [3.05, 3.63) is 145 Å². The van der Waals surface area contributed by atoms with Crippen LogP contribution in [0.1, 0.15) is 52.7 Å². The van der Waals surface area contributed by atoms with Gasteiger partial charge in [-0.3, -0.25) is 0 Å². The fraction of sp³-hybridized carbons (Fsp3) is 0.163. The molecular formula is C49H40B2N2O4. The molecular weight excluding hydrogens is 702 g/mol. The van der Waals surface area contributed by atoms with Gasteiger partial charge in [0.1, 0.15) is 34.5 Å². The maximum Gasteiger partial charge on any atom is 0.262 e. The molecule has 0 fully saturated rings. The summed E-state index contributed by atoms with van der Waals surface area (Å²) in [4.78, 5) is 7.55. The Balaban J connectivity index is 1.12. The average molecular weight is 742 g/mol. The van der Waals surface area contributed by atoms with Crippen molar-refractivity contribution in [2.45, 2.75) is 52.4 Å². The molecule has 4 aliphatic rings. The molecule has 6 nitrogen and oxygen atoms in total. The van der Waals surface area contributed by atoms with Gasteiger partial charge < -0.3 is 23.8 Å². The number of aromatic nitrogens is 1. The molecule has 0 saturated heterocycles. The highest BCUT2D eigenvalue weighted by atomic mass is 16.5. The number of hydrogen-bond acceptors (Lipinski definition) is 6. The molecule has 0 aliphatic carbocycles. The van der Waals surface area contributed by atoms with E-state index in [-0.39, 0.29) is 24.3 Å². The molecule has 11 rings (SSSR count). The van der Waals surface area contributed by atoms with Crippen LogP contribution in [0.5, 0.6) is 46.3 Å². The average Bonchev–Trinajstić information content (AvgIpc) is 3.20. The van der Waals surface area contributed by atoms with E-state index in [0.717, 1.165) is 95.5 Å². The smallest absolute Gasteiger partial charge is 0.262 e. The fourth-order valence-electron chi connectivity index (χ4n) is 8.87. The predicted octanol–water partition coefficient (Wildman–Crippen LogP) is 8.60. The highest BCUT2D eigenvalue weighted by Crippen LogP contribution is 2.43. The van der Waals surface area contributed by atoms with Crippen LogP contribution in [-0.4, -0.2) is 18.4 Å². The number of hydrogen-bond donors (Lipinski definition) is 0. The van der Waals surface area contributed by atoms with E-state index in [1.807, 2.05) is 18.2 Å². The fourth-order valence-corrected chi connectivity index (χ4v) is 8.87. The van der Waals surface area contributed by atoms with Crippen molar-refractivity contribution >= 4 is 63.3 Å². The molecule has 1 aromatic heterocycles. The van der Waals surface area contributed by atoms with E-state index in [0.29, 0.717) is 11.8 Å².